The summed E-state index contributed by atoms with van der Waals surface area (Å²) in [6, 6.07) is 17.6. The number of hydrogen-bond donors (Lipinski definition) is 0. The average molecular weight is 290 g/mol. The van der Waals surface area contributed by atoms with E-state index < -0.39 is 5.41 Å². The molecule has 1 unspecified atom stereocenters. The van der Waals surface area contributed by atoms with E-state index in [9.17, 15) is 5.26 Å². The normalized spacial score (nSPS) is 13.6. The zero-order valence-corrected chi connectivity index (χ0v) is 12.0. The molecule has 3 heteroatoms. The molecule has 1 nitrogen and oxygen atoms in total. The zero-order valence-electron chi connectivity index (χ0n) is 10.5. The summed E-state index contributed by atoms with van der Waals surface area (Å²) < 4.78 is 0. The highest BCUT2D eigenvalue weighted by Crippen LogP contribution is 2.37. The van der Waals surface area contributed by atoms with E-state index in [0.717, 1.165) is 5.56 Å². The van der Waals surface area contributed by atoms with E-state index >= 15 is 0 Å². The highest BCUT2D eigenvalue weighted by atomic mass is 35.5. The maximum atomic E-state index is 9.58. The summed E-state index contributed by atoms with van der Waals surface area (Å²) in [5.74, 6) is 0. The van der Waals surface area contributed by atoms with Crippen LogP contribution in [0.3, 0.4) is 0 Å². The first-order valence-electron chi connectivity index (χ1n) is 5.96. The van der Waals surface area contributed by atoms with Crippen LogP contribution in [0.25, 0.3) is 0 Å². The average Bonchev–Trinajstić information content (AvgIpc) is 2.39. The number of nitrogens with zero attached hydrogens (tertiary/aromatic N) is 1. The molecule has 0 aliphatic rings. The third-order valence-electron chi connectivity index (χ3n) is 3.16. The van der Waals surface area contributed by atoms with E-state index in [2.05, 4.69) is 6.07 Å². The summed E-state index contributed by atoms with van der Waals surface area (Å²) in [6.07, 6.45) is 0.577. The Morgan fingerprint density at radius 2 is 1.58 bits per heavy atom. The smallest absolute Gasteiger partial charge is 0.0863 e. The molecule has 0 N–H and O–H groups in total. The van der Waals surface area contributed by atoms with Gasteiger partial charge in [-0.3, -0.25) is 0 Å². The molecule has 0 saturated carbocycles. The Morgan fingerprint density at radius 1 is 1.00 bits per heavy atom. The van der Waals surface area contributed by atoms with Crippen LogP contribution in [0.2, 0.25) is 10.0 Å². The lowest BCUT2D eigenvalue weighted by Gasteiger charge is -2.24. The van der Waals surface area contributed by atoms with Gasteiger partial charge >= 0.3 is 0 Å². The molecule has 0 heterocycles. The highest BCUT2D eigenvalue weighted by Gasteiger charge is 2.31. The highest BCUT2D eigenvalue weighted by molar-refractivity contribution is 6.36. The van der Waals surface area contributed by atoms with Gasteiger partial charge in [0.1, 0.15) is 0 Å². The molecule has 19 heavy (non-hydrogen) atoms. The quantitative estimate of drug-likeness (QED) is 0.778. The molecule has 2 aromatic carbocycles. The fraction of sp³-hybridized carbons (Fsp3) is 0.188. The number of halogens is 2. The van der Waals surface area contributed by atoms with Gasteiger partial charge in [0.15, 0.2) is 0 Å². The van der Waals surface area contributed by atoms with Crippen molar-refractivity contribution >= 4 is 23.2 Å². The number of nitriles is 1. The van der Waals surface area contributed by atoms with Crippen molar-refractivity contribution in [2.45, 2.75) is 18.8 Å². The third kappa shape index (κ3) is 2.92. The molecule has 96 valence electrons. The Morgan fingerprint density at radius 3 is 2.11 bits per heavy atom. The first-order chi connectivity index (χ1) is 9.07. The van der Waals surface area contributed by atoms with Gasteiger partial charge in [-0.15, -0.1) is 0 Å². The molecule has 0 aromatic heterocycles. The first kappa shape index (κ1) is 13.9. The Kier molecular flexibility index (Phi) is 4.14. The van der Waals surface area contributed by atoms with Crippen LogP contribution in [0, 0.1) is 11.3 Å². The molecule has 0 fully saturated rings. The molecule has 0 radical (unpaired) electrons. The van der Waals surface area contributed by atoms with Crippen molar-refractivity contribution in [3.05, 3.63) is 69.7 Å². The lowest BCUT2D eigenvalue weighted by Crippen LogP contribution is -2.23. The largest absolute Gasteiger partial charge is 0.197 e. The zero-order chi connectivity index (χ0) is 13.9. The SMILES string of the molecule is CC(C#N)(Cc1ccccc1)c1c(Cl)cccc1Cl. The summed E-state index contributed by atoms with van der Waals surface area (Å²) in [5, 5.41) is 10.7. The molecule has 0 saturated heterocycles. The second-order valence-electron chi connectivity index (χ2n) is 4.70. The maximum absolute atomic E-state index is 9.58. The fourth-order valence-electron chi connectivity index (χ4n) is 2.21. The van der Waals surface area contributed by atoms with Crippen LogP contribution in [0.1, 0.15) is 18.1 Å². The summed E-state index contributed by atoms with van der Waals surface area (Å²) in [7, 11) is 0. The minimum atomic E-state index is -0.739. The van der Waals surface area contributed by atoms with Gasteiger partial charge in [0.05, 0.1) is 11.5 Å². The van der Waals surface area contributed by atoms with Crippen molar-refractivity contribution in [3.63, 3.8) is 0 Å². The molecule has 0 amide bonds. The van der Waals surface area contributed by atoms with E-state index in [1.165, 1.54) is 0 Å². The number of hydrogen-bond acceptors (Lipinski definition) is 1. The van der Waals surface area contributed by atoms with Gasteiger partial charge in [-0.1, -0.05) is 59.6 Å². The van der Waals surface area contributed by atoms with Gasteiger partial charge < -0.3 is 0 Å². The molecule has 0 bridgehead atoms. The monoisotopic (exact) mass is 289 g/mol. The molecular formula is C16H13Cl2N. The fourth-order valence-corrected chi connectivity index (χ4v) is 3.03. The Labute approximate surface area is 123 Å². The van der Waals surface area contributed by atoms with Crippen molar-refractivity contribution in [2.75, 3.05) is 0 Å². The summed E-state index contributed by atoms with van der Waals surface area (Å²) in [4.78, 5) is 0. The van der Waals surface area contributed by atoms with Crippen LogP contribution in [0.15, 0.2) is 48.5 Å². The van der Waals surface area contributed by atoms with E-state index in [1.54, 1.807) is 18.2 Å². The molecule has 2 aromatic rings. The Balaban J connectivity index is 2.47. The van der Waals surface area contributed by atoms with Crippen LogP contribution in [-0.4, -0.2) is 0 Å². The second-order valence-corrected chi connectivity index (χ2v) is 5.52. The molecule has 1 atom stereocenters. The predicted molar refractivity (Wildman–Crippen MR) is 79.6 cm³/mol. The topological polar surface area (TPSA) is 23.8 Å². The Bertz CT molecular complexity index is 596. The van der Waals surface area contributed by atoms with Crippen molar-refractivity contribution in [2.24, 2.45) is 0 Å². The first-order valence-corrected chi connectivity index (χ1v) is 6.72. The Hall–Kier alpha value is -1.49. The van der Waals surface area contributed by atoms with Crippen molar-refractivity contribution < 1.29 is 0 Å². The van der Waals surface area contributed by atoms with Gasteiger partial charge in [0.25, 0.3) is 0 Å². The van der Waals surface area contributed by atoms with E-state index in [1.807, 2.05) is 37.3 Å². The van der Waals surface area contributed by atoms with E-state index in [0.29, 0.717) is 22.0 Å². The summed E-state index contributed by atoms with van der Waals surface area (Å²) in [6.45, 7) is 1.87. The summed E-state index contributed by atoms with van der Waals surface area (Å²) in [5.41, 5.74) is 1.05. The second kappa shape index (κ2) is 5.65. The standard InChI is InChI=1S/C16H13Cl2N/c1-16(11-19,10-12-6-3-2-4-7-12)15-13(17)8-5-9-14(15)18/h2-9H,10H2,1H3. The number of rotatable bonds is 3. The van der Waals surface area contributed by atoms with Gasteiger partial charge in [0.2, 0.25) is 0 Å². The van der Waals surface area contributed by atoms with Crippen LogP contribution >= 0.6 is 23.2 Å². The molecule has 0 aliphatic heterocycles. The van der Waals surface area contributed by atoms with E-state index in [-0.39, 0.29) is 0 Å². The van der Waals surface area contributed by atoms with Gasteiger partial charge in [0, 0.05) is 15.6 Å². The van der Waals surface area contributed by atoms with Crippen LogP contribution < -0.4 is 0 Å². The van der Waals surface area contributed by atoms with Gasteiger partial charge in [-0.05, 0) is 31.0 Å². The van der Waals surface area contributed by atoms with Crippen LogP contribution in [0.4, 0.5) is 0 Å². The predicted octanol–water partition coefficient (Wildman–Crippen LogP) is 5.02. The molecule has 2 rings (SSSR count). The molecule has 0 aliphatic carbocycles. The number of benzene rings is 2. The molecule has 0 spiro atoms. The minimum absolute atomic E-state index is 0.535. The van der Waals surface area contributed by atoms with Crippen LogP contribution in [-0.2, 0) is 11.8 Å². The maximum Gasteiger partial charge on any atom is 0.0863 e. The van der Waals surface area contributed by atoms with Crippen molar-refractivity contribution in [1.29, 1.82) is 5.26 Å². The van der Waals surface area contributed by atoms with Gasteiger partial charge in [-0.2, -0.15) is 5.26 Å². The van der Waals surface area contributed by atoms with Gasteiger partial charge in [-0.25, -0.2) is 0 Å². The van der Waals surface area contributed by atoms with E-state index in [4.69, 9.17) is 23.2 Å². The van der Waals surface area contributed by atoms with Crippen molar-refractivity contribution in [3.8, 4) is 6.07 Å². The van der Waals surface area contributed by atoms with Crippen molar-refractivity contribution in [1.82, 2.24) is 0 Å². The lowest BCUT2D eigenvalue weighted by atomic mass is 9.78. The summed E-state index contributed by atoms with van der Waals surface area (Å²) >= 11 is 12.4. The lowest BCUT2D eigenvalue weighted by molar-refractivity contribution is 0.607. The minimum Gasteiger partial charge on any atom is -0.197 e. The third-order valence-corrected chi connectivity index (χ3v) is 3.79. The molecular weight excluding hydrogens is 277 g/mol. The van der Waals surface area contributed by atoms with Crippen LogP contribution in [0.5, 0.6) is 0 Å².